The van der Waals surface area contributed by atoms with Gasteiger partial charge in [-0.05, 0) is 74.3 Å². The van der Waals surface area contributed by atoms with Crippen molar-refractivity contribution in [2.45, 2.75) is 37.8 Å². The Morgan fingerprint density at radius 1 is 1.10 bits per heavy atom. The number of likely N-dealkylation sites (N-methyl/N-ethyl adjacent to an activating group) is 1. The van der Waals surface area contributed by atoms with Gasteiger partial charge in [0, 0.05) is 36.3 Å². The van der Waals surface area contributed by atoms with Crippen LogP contribution in [0.2, 0.25) is 0 Å². The maximum Gasteiger partial charge on any atom is 0.258 e. The van der Waals surface area contributed by atoms with E-state index in [0.29, 0.717) is 42.1 Å². The van der Waals surface area contributed by atoms with Crippen LogP contribution in [0, 0.1) is 5.82 Å². The molecule has 0 spiro atoms. The quantitative estimate of drug-likeness (QED) is 0.666. The molecule has 1 amide bonds. The lowest BCUT2D eigenvalue weighted by atomic mass is 10.0. The third-order valence-electron chi connectivity index (χ3n) is 6.48. The minimum Gasteiger partial charge on any atom is -0.493 e. The van der Waals surface area contributed by atoms with Gasteiger partial charge < -0.3 is 14.4 Å². The van der Waals surface area contributed by atoms with Crippen LogP contribution in [0.3, 0.4) is 0 Å². The van der Waals surface area contributed by atoms with E-state index in [9.17, 15) is 9.18 Å². The van der Waals surface area contributed by atoms with Crippen LogP contribution in [-0.4, -0.2) is 55.6 Å². The average molecular weight is 425 g/mol. The summed E-state index contributed by atoms with van der Waals surface area (Å²) in [5, 5.41) is 0. The van der Waals surface area contributed by atoms with E-state index in [4.69, 9.17) is 9.47 Å². The molecule has 2 aliphatic rings. The SMILES string of the molecule is COc1ccc(CCN(C(=O)c2ccc(F)cc2)C2=C[C@@H]3CC[C@@H](C2)N3C)cc1OC. The Morgan fingerprint density at radius 3 is 2.52 bits per heavy atom. The summed E-state index contributed by atoms with van der Waals surface area (Å²) in [6.07, 6.45) is 6.04. The maximum absolute atomic E-state index is 13.4. The fourth-order valence-electron chi connectivity index (χ4n) is 4.62. The lowest BCUT2D eigenvalue weighted by Crippen LogP contribution is -2.41. The topological polar surface area (TPSA) is 42.0 Å². The summed E-state index contributed by atoms with van der Waals surface area (Å²) in [4.78, 5) is 17.7. The summed E-state index contributed by atoms with van der Waals surface area (Å²) in [6.45, 7) is 0.542. The summed E-state index contributed by atoms with van der Waals surface area (Å²) in [5.74, 6) is 0.925. The van der Waals surface area contributed by atoms with Crippen LogP contribution in [0.25, 0.3) is 0 Å². The van der Waals surface area contributed by atoms with Gasteiger partial charge in [-0.2, -0.15) is 0 Å². The molecule has 0 aromatic heterocycles. The fraction of sp³-hybridized carbons (Fsp3) is 0.400. The average Bonchev–Trinajstić information content (AvgIpc) is 2.99. The van der Waals surface area contributed by atoms with E-state index in [1.807, 2.05) is 23.1 Å². The first-order valence-corrected chi connectivity index (χ1v) is 10.7. The minimum absolute atomic E-state index is 0.0873. The predicted molar refractivity (Wildman–Crippen MR) is 118 cm³/mol. The van der Waals surface area contributed by atoms with Gasteiger partial charge in [0.25, 0.3) is 5.91 Å². The van der Waals surface area contributed by atoms with E-state index in [1.165, 1.54) is 12.1 Å². The number of hydrogen-bond acceptors (Lipinski definition) is 4. The van der Waals surface area contributed by atoms with Crippen LogP contribution in [0.15, 0.2) is 54.2 Å². The van der Waals surface area contributed by atoms with Crippen LogP contribution >= 0.6 is 0 Å². The summed E-state index contributed by atoms with van der Waals surface area (Å²) >= 11 is 0. The Labute approximate surface area is 183 Å². The van der Waals surface area contributed by atoms with Crippen molar-refractivity contribution >= 4 is 5.91 Å². The summed E-state index contributed by atoms with van der Waals surface area (Å²) in [6, 6.07) is 12.5. The first-order valence-electron chi connectivity index (χ1n) is 10.7. The molecule has 2 bridgehead atoms. The Kier molecular flexibility index (Phi) is 6.28. The zero-order chi connectivity index (χ0) is 22.0. The predicted octanol–water partition coefficient (Wildman–Crippen LogP) is 4.28. The van der Waals surface area contributed by atoms with Gasteiger partial charge in [0.1, 0.15) is 5.82 Å². The van der Waals surface area contributed by atoms with Crippen molar-refractivity contribution < 1.29 is 18.7 Å². The second-order valence-electron chi connectivity index (χ2n) is 8.23. The van der Waals surface area contributed by atoms with Crippen LogP contribution in [-0.2, 0) is 6.42 Å². The number of rotatable bonds is 7. The Hall–Kier alpha value is -2.86. The largest absolute Gasteiger partial charge is 0.493 e. The Bertz CT molecular complexity index is 973. The highest BCUT2D eigenvalue weighted by molar-refractivity contribution is 5.95. The highest BCUT2D eigenvalue weighted by atomic mass is 19.1. The van der Waals surface area contributed by atoms with Crippen LogP contribution in [0.5, 0.6) is 11.5 Å². The molecule has 2 heterocycles. The Morgan fingerprint density at radius 2 is 1.84 bits per heavy atom. The van der Waals surface area contributed by atoms with E-state index >= 15 is 0 Å². The van der Waals surface area contributed by atoms with E-state index in [1.54, 1.807) is 26.4 Å². The van der Waals surface area contributed by atoms with Gasteiger partial charge in [0.15, 0.2) is 11.5 Å². The normalized spacial score (nSPS) is 20.3. The number of hydrogen-bond donors (Lipinski definition) is 0. The molecule has 0 radical (unpaired) electrons. The third kappa shape index (κ3) is 4.44. The van der Waals surface area contributed by atoms with Gasteiger partial charge in [-0.3, -0.25) is 9.69 Å². The lowest BCUT2D eigenvalue weighted by Gasteiger charge is -2.35. The zero-order valence-corrected chi connectivity index (χ0v) is 18.3. The molecule has 0 aliphatic carbocycles. The molecule has 0 unspecified atom stereocenters. The number of methoxy groups -OCH3 is 2. The van der Waals surface area contributed by atoms with Gasteiger partial charge in [0.2, 0.25) is 0 Å². The van der Waals surface area contributed by atoms with Crippen molar-refractivity contribution in [2.75, 3.05) is 27.8 Å². The minimum atomic E-state index is -0.343. The highest BCUT2D eigenvalue weighted by Crippen LogP contribution is 2.35. The molecule has 2 aromatic rings. The van der Waals surface area contributed by atoms with Gasteiger partial charge in [-0.1, -0.05) is 6.07 Å². The van der Waals surface area contributed by atoms with Crippen LogP contribution < -0.4 is 9.47 Å². The van der Waals surface area contributed by atoms with Crippen molar-refractivity contribution in [1.82, 2.24) is 9.80 Å². The smallest absolute Gasteiger partial charge is 0.258 e. The van der Waals surface area contributed by atoms with E-state index < -0.39 is 0 Å². The monoisotopic (exact) mass is 424 g/mol. The molecule has 0 saturated carbocycles. The molecule has 4 rings (SSSR count). The molecule has 6 heteroatoms. The molecule has 5 nitrogen and oxygen atoms in total. The number of amides is 1. The molecule has 1 saturated heterocycles. The fourth-order valence-corrected chi connectivity index (χ4v) is 4.62. The third-order valence-corrected chi connectivity index (χ3v) is 6.48. The van der Waals surface area contributed by atoms with E-state index in [0.717, 1.165) is 30.5 Å². The molecule has 2 aromatic carbocycles. The van der Waals surface area contributed by atoms with Gasteiger partial charge >= 0.3 is 0 Å². The highest BCUT2D eigenvalue weighted by Gasteiger charge is 2.36. The second kappa shape index (κ2) is 9.10. The van der Waals surface area contributed by atoms with Crippen molar-refractivity contribution in [3.8, 4) is 11.5 Å². The van der Waals surface area contributed by atoms with Crippen LogP contribution in [0.1, 0.15) is 35.2 Å². The summed E-state index contributed by atoms with van der Waals surface area (Å²) < 4.78 is 24.1. The van der Waals surface area contributed by atoms with E-state index in [2.05, 4.69) is 18.0 Å². The molecule has 2 aliphatic heterocycles. The molecule has 164 valence electrons. The van der Waals surface area contributed by atoms with Gasteiger partial charge in [-0.25, -0.2) is 4.39 Å². The van der Waals surface area contributed by atoms with Gasteiger partial charge in [0.05, 0.1) is 14.2 Å². The molecule has 0 N–H and O–H groups in total. The van der Waals surface area contributed by atoms with Gasteiger partial charge in [-0.15, -0.1) is 0 Å². The number of carbonyl (C=O) groups is 1. The molecular formula is C25H29FN2O3. The second-order valence-corrected chi connectivity index (χ2v) is 8.23. The first-order chi connectivity index (χ1) is 15.0. The zero-order valence-electron chi connectivity index (χ0n) is 18.3. The molecule has 2 atom stereocenters. The standard InChI is InChI=1S/C25H29FN2O3/c1-27-20-9-10-21(27)16-22(15-20)28(25(29)18-5-7-19(26)8-6-18)13-12-17-4-11-23(30-2)24(14-17)31-3/h4-8,11,14-15,20-21H,9-10,12-13,16H2,1-3H3/t20-,21-/m0/s1. The maximum atomic E-state index is 13.4. The first kappa shape index (κ1) is 21.4. The van der Waals surface area contributed by atoms with Crippen molar-refractivity contribution in [3.05, 3.63) is 71.2 Å². The van der Waals surface area contributed by atoms with Crippen LogP contribution in [0.4, 0.5) is 4.39 Å². The number of ether oxygens (including phenoxy) is 2. The number of fused-ring (bicyclic) bond motifs is 2. The van der Waals surface area contributed by atoms with Crippen molar-refractivity contribution in [3.63, 3.8) is 0 Å². The number of benzene rings is 2. The van der Waals surface area contributed by atoms with E-state index in [-0.39, 0.29) is 11.7 Å². The number of nitrogens with zero attached hydrogens (tertiary/aromatic N) is 2. The Balaban J connectivity index is 1.59. The van der Waals surface area contributed by atoms with Crippen molar-refractivity contribution in [1.29, 1.82) is 0 Å². The number of halogens is 1. The van der Waals surface area contributed by atoms with Crippen molar-refractivity contribution in [2.24, 2.45) is 0 Å². The number of carbonyl (C=O) groups excluding carboxylic acids is 1. The molecular weight excluding hydrogens is 395 g/mol. The molecule has 1 fully saturated rings. The summed E-state index contributed by atoms with van der Waals surface area (Å²) in [5.41, 5.74) is 2.63. The molecule has 31 heavy (non-hydrogen) atoms. The lowest BCUT2D eigenvalue weighted by molar-refractivity contribution is 0.0787. The summed E-state index contributed by atoms with van der Waals surface area (Å²) in [7, 11) is 5.39.